The molecule has 39 heavy (non-hydrogen) atoms. The number of aliphatic hydroxyl groups is 1. The van der Waals surface area contributed by atoms with Crippen LogP contribution in [0.15, 0.2) is 36.4 Å². The van der Waals surface area contributed by atoms with Crippen molar-refractivity contribution < 1.29 is 38.4 Å². The third-order valence-electron chi connectivity index (χ3n) is 7.45. The van der Waals surface area contributed by atoms with Gasteiger partial charge in [-0.1, -0.05) is 12.1 Å². The third-order valence-corrected chi connectivity index (χ3v) is 7.45. The van der Waals surface area contributed by atoms with Crippen molar-refractivity contribution in [3.8, 4) is 23.0 Å². The molecule has 0 bridgehead atoms. The molecular formula is C29H38N2O8. The molecule has 2 fully saturated rings. The molecule has 10 heteroatoms. The van der Waals surface area contributed by atoms with Crippen LogP contribution >= 0.6 is 0 Å². The van der Waals surface area contributed by atoms with Crippen LogP contribution in [-0.2, 0) is 22.4 Å². The normalized spacial score (nSPS) is 20.9. The Labute approximate surface area is 229 Å². The van der Waals surface area contributed by atoms with E-state index in [1.165, 1.54) is 12.0 Å². The van der Waals surface area contributed by atoms with Gasteiger partial charge in [-0.25, -0.2) is 4.79 Å². The van der Waals surface area contributed by atoms with E-state index in [1.807, 2.05) is 24.3 Å². The Bertz CT molecular complexity index is 1160. The lowest BCUT2D eigenvalue weighted by Crippen LogP contribution is -2.37. The minimum absolute atomic E-state index is 0.00414. The van der Waals surface area contributed by atoms with Crippen LogP contribution in [0.25, 0.3) is 0 Å². The number of β-amino-alcohol motifs (C(OH)–C–C–N with tert-alkyl or cyclic N) is 1. The molecule has 0 radical (unpaired) electrons. The fourth-order valence-electron chi connectivity index (χ4n) is 5.11. The first-order valence-corrected chi connectivity index (χ1v) is 13.2. The van der Waals surface area contributed by atoms with E-state index in [9.17, 15) is 14.7 Å². The molecule has 1 N–H and O–H groups in total. The fourth-order valence-corrected chi connectivity index (χ4v) is 5.11. The molecule has 2 heterocycles. The molecule has 2 aromatic rings. The summed E-state index contributed by atoms with van der Waals surface area (Å²) in [6, 6.07) is 11.1. The standard InChI is InChI=1S/C29H38N2O8/c1-30(11-12-31-10-9-22(32)17-31)29(34)39-25-8-6-20(16-27(25)37-4)14-23-21(18-38-28(23)33)13-19-5-7-24(35-2)26(15-19)36-3/h5-8,15-16,21-23,32H,9-14,17-18H2,1-4H3/t21-,22+,23+/m0/s1. The van der Waals surface area contributed by atoms with E-state index in [0.29, 0.717) is 62.1 Å². The Morgan fingerprint density at radius 2 is 1.64 bits per heavy atom. The van der Waals surface area contributed by atoms with Gasteiger partial charge in [0.05, 0.1) is 40.0 Å². The van der Waals surface area contributed by atoms with Crippen molar-refractivity contribution in [1.82, 2.24) is 9.80 Å². The quantitative estimate of drug-likeness (QED) is 0.429. The molecule has 2 saturated heterocycles. The van der Waals surface area contributed by atoms with Crippen molar-refractivity contribution in [3.63, 3.8) is 0 Å². The highest BCUT2D eigenvalue weighted by Crippen LogP contribution is 2.35. The second-order valence-corrected chi connectivity index (χ2v) is 10.1. The van der Waals surface area contributed by atoms with Crippen molar-refractivity contribution in [2.75, 3.05) is 61.2 Å². The lowest BCUT2D eigenvalue weighted by Gasteiger charge is -2.22. The average molecular weight is 543 g/mol. The molecule has 0 aromatic heterocycles. The van der Waals surface area contributed by atoms with Crippen molar-refractivity contribution >= 4 is 12.1 Å². The highest BCUT2D eigenvalue weighted by atomic mass is 16.6. The SMILES string of the molecule is COc1ccc(C[C@H]2COC(=O)[C@@H]2Cc2ccc(OC(=O)N(C)CCN3CC[C@@H](O)C3)c(OC)c2)cc1OC. The second kappa shape index (κ2) is 13.0. The molecule has 212 valence electrons. The van der Waals surface area contributed by atoms with Gasteiger partial charge >= 0.3 is 12.1 Å². The van der Waals surface area contributed by atoms with Crippen LogP contribution in [0, 0.1) is 11.8 Å². The summed E-state index contributed by atoms with van der Waals surface area (Å²) in [6.45, 7) is 2.95. The predicted octanol–water partition coefficient (Wildman–Crippen LogP) is 2.78. The van der Waals surface area contributed by atoms with Gasteiger partial charge in [0.25, 0.3) is 0 Å². The van der Waals surface area contributed by atoms with Gasteiger partial charge in [-0.05, 0) is 54.7 Å². The zero-order chi connectivity index (χ0) is 27.9. The van der Waals surface area contributed by atoms with Gasteiger partial charge in [-0.3, -0.25) is 9.69 Å². The summed E-state index contributed by atoms with van der Waals surface area (Å²) in [7, 11) is 6.39. The number of likely N-dealkylation sites (N-methyl/N-ethyl adjacent to an activating group) is 1. The number of ether oxygens (including phenoxy) is 5. The maximum atomic E-state index is 12.7. The number of nitrogens with zero attached hydrogens (tertiary/aromatic N) is 2. The zero-order valence-corrected chi connectivity index (χ0v) is 23.1. The number of hydrogen-bond donors (Lipinski definition) is 1. The van der Waals surface area contributed by atoms with E-state index in [-0.39, 0.29) is 23.9 Å². The van der Waals surface area contributed by atoms with Crippen LogP contribution in [0.5, 0.6) is 23.0 Å². The highest BCUT2D eigenvalue weighted by Gasteiger charge is 2.37. The summed E-state index contributed by atoms with van der Waals surface area (Å²) in [5, 5.41) is 9.68. The van der Waals surface area contributed by atoms with E-state index in [4.69, 9.17) is 23.7 Å². The summed E-state index contributed by atoms with van der Waals surface area (Å²) < 4.78 is 27.3. The number of benzene rings is 2. The minimum atomic E-state index is -0.491. The molecule has 2 aromatic carbocycles. The highest BCUT2D eigenvalue weighted by molar-refractivity contribution is 5.75. The van der Waals surface area contributed by atoms with Crippen LogP contribution in [0.4, 0.5) is 4.79 Å². The molecule has 2 aliphatic rings. The van der Waals surface area contributed by atoms with E-state index in [0.717, 1.165) is 24.1 Å². The number of cyclic esters (lactones) is 1. The first kappa shape index (κ1) is 28.5. The summed E-state index contributed by atoms with van der Waals surface area (Å²) in [4.78, 5) is 28.9. The van der Waals surface area contributed by atoms with E-state index < -0.39 is 6.09 Å². The zero-order valence-electron chi connectivity index (χ0n) is 23.1. The monoisotopic (exact) mass is 542 g/mol. The Morgan fingerprint density at radius 3 is 2.28 bits per heavy atom. The first-order chi connectivity index (χ1) is 18.8. The number of likely N-dealkylation sites (tertiary alicyclic amines) is 1. The number of rotatable bonds is 11. The van der Waals surface area contributed by atoms with Gasteiger partial charge in [-0.15, -0.1) is 0 Å². The molecular weight excluding hydrogens is 504 g/mol. The maximum absolute atomic E-state index is 12.7. The number of amides is 1. The largest absolute Gasteiger partial charge is 0.493 e. The van der Waals surface area contributed by atoms with Crippen LogP contribution in [0.2, 0.25) is 0 Å². The molecule has 10 nitrogen and oxygen atoms in total. The molecule has 4 rings (SSSR count). The Kier molecular flexibility index (Phi) is 9.53. The van der Waals surface area contributed by atoms with Gasteiger partial charge in [-0.2, -0.15) is 0 Å². The Hall–Kier alpha value is -3.50. The number of methoxy groups -OCH3 is 3. The van der Waals surface area contributed by atoms with Crippen molar-refractivity contribution in [1.29, 1.82) is 0 Å². The van der Waals surface area contributed by atoms with Crippen LogP contribution in [0.1, 0.15) is 17.5 Å². The summed E-state index contributed by atoms with van der Waals surface area (Å²) in [6.07, 6.45) is 1.11. The lowest BCUT2D eigenvalue weighted by molar-refractivity contribution is -0.141. The molecule has 3 atom stereocenters. The lowest BCUT2D eigenvalue weighted by atomic mass is 9.85. The molecule has 0 unspecified atom stereocenters. The van der Waals surface area contributed by atoms with Crippen LogP contribution in [-0.4, -0.2) is 94.2 Å². The predicted molar refractivity (Wildman–Crippen MR) is 144 cm³/mol. The second-order valence-electron chi connectivity index (χ2n) is 10.1. The summed E-state index contributed by atoms with van der Waals surface area (Å²) in [5.41, 5.74) is 1.92. The third kappa shape index (κ3) is 7.13. The van der Waals surface area contributed by atoms with Gasteiger partial charge in [0.15, 0.2) is 23.0 Å². The smallest absolute Gasteiger partial charge is 0.415 e. The van der Waals surface area contributed by atoms with Gasteiger partial charge in [0, 0.05) is 39.1 Å². The topological polar surface area (TPSA) is 107 Å². The van der Waals surface area contributed by atoms with Crippen LogP contribution < -0.4 is 18.9 Å². The van der Waals surface area contributed by atoms with E-state index in [2.05, 4.69) is 4.90 Å². The Morgan fingerprint density at radius 1 is 1.00 bits per heavy atom. The molecule has 0 aliphatic carbocycles. The molecule has 0 saturated carbocycles. The van der Waals surface area contributed by atoms with Crippen LogP contribution in [0.3, 0.4) is 0 Å². The summed E-state index contributed by atoms with van der Waals surface area (Å²) in [5.74, 6) is 1.50. The molecule has 0 spiro atoms. The number of carbonyl (C=O) groups is 2. The number of hydrogen-bond acceptors (Lipinski definition) is 9. The van der Waals surface area contributed by atoms with Gasteiger partial charge < -0.3 is 33.7 Å². The summed E-state index contributed by atoms with van der Waals surface area (Å²) >= 11 is 0. The molecule has 2 aliphatic heterocycles. The van der Waals surface area contributed by atoms with Crippen molar-refractivity contribution in [3.05, 3.63) is 47.5 Å². The number of aliphatic hydroxyl groups excluding tert-OH is 1. The Balaban J connectivity index is 1.37. The van der Waals surface area contributed by atoms with Gasteiger partial charge in [0.1, 0.15) is 0 Å². The van der Waals surface area contributed by atoms with Crippen molar-refractivity contribution in [2.45, 2.75) is 25.4 Å². The average Bonchev–Trinajstić information content (AvgIpc) is 3.52. The van der Waals surface area contributed by atoms with Crippen molar-refractivity contribution in [2.24, 2.45) is 11.8 Å². The van der Waals surface area contributed by atoms with E-state index in [1.54, 1.807) is 33.4 Å². The minimum Gasteiger partial charge on any atom is -0.493 e. The number of esters is 1. The maximum Gasteiger partial charge on any atom is 0.415 e. The van der Waals surface area contributed by atoms with Gasteiger partial charge in [0.2, 0.25) is 0 Å². The first-order valence-electron chi connectivity index (χ1n) is 13.2. The van der Waals surface area contributed by atoms with E-state index >= 15 is 0 Å². The molecule has 1 amide bonds. The fraction of sp³-hybridized carbons (Fsp3) is 0.517. The number of carbonyl (C=O) groups excluding carboxylic acids is 2.